The Hall–Kier alpha value is -3.22. The van der Waals surface area contributed by atoms with Crippen molar-refractivity contribution in [1.82, 2.24) is 9.55 Å². The molecule has 0 amide bonds. The Labute approximate surface area is 195 Å². The number of fused-ring (bicyclic) bond motifs is 1. The fourth-order valence-electron chi connectivity index (χ4n) is 3.18. The summed E-state index contributed by atoms with van der Waals surface area (Å²) in [4.78, 5) is 34.9. The average Bonchev–Trinajstić information content (AvgIpc) is 3.13. The molecule has 1 aliphatic heterocycles. The van der Waals surface area contributed by atoms with Crippen molar-refractivity contribution in [3.63, 3.8) is 0 Å². The predicted molar refractivity (Wildman–Crippen MR) is 132 cm³/mol. The molecule has 160 valence electrons. The smallest absolute Gasteiger partial charge is 0.272 e. The van der Waals surface area contributed by atoms with Crippen LogP contribution in [0.3, 0.4) is 0 Å². The Bertz CT molecular complexity index is 1350. The van der Waals surface area contributed by atoms with Crippen molar-refractivity contribution in [1.29, 1.82) is 0 Å². The van der Waals surface area contributed by atoms with Gasteiger partial charge in [0.05, 0.1) is 11.4 Å². The molecular formula is C25H20ClN3O2S. The van der Waals surface area contributed by atoms with Crippen LogP contribution < -0.4 is 5.56 Å². The largest absolute Gasteiger partial charge is 0.295 e. The molecule has 0 aliphatic carbocycles. The second kappa shape index (κ2) is 9.10. The SMILES string of the molecule is CC(=O)/C(C)=C(C)/N=C1/Sc2c(ncn(-c3ccccc3)c2=O)/C1=C\c1ccc(Cl)cc1. The summed E-state index contributed by atoms with van der Waals surface area (Å²) in [6.07, 6.45) is 3.48. The van der Waals surface area contributed by atoms with E-state index in [0.717, 1.165) is 16.8 Å². The number of halogens is 1. The fourth-order valence-corrected chi connectivity index (χ4v) is 4.39. The Balaban J connectivity index is 1.90. The normalized spacial score (nSPS) is 16.2. The van der Waals surface area contributed by atoms with Gasteiger partial charge in [-0.15, -0.1) is 0 Å². The number of allylic oxidation sites excluding steroid dienone is 2. The van der Waals surface area contributed by atoms with Crippen LogP contribution in [-0.2, 0) is 4.79 Å². The summed E-state index contributed by atoms with van der Waals surface area (Å²) < 4.78 is 1.53. The topological polar surface area (TPSA) is 64.3 Å². The van der Waals surface area contributed by atoms with E-state index in [0.29, 0.717) is 31.9 Å². The van der Waals surface area contributed by atoms with Gasteiger partial charge in [-0.2, -0.15) is 0 Å². The number of rotatable bonds is 4. The molecule has 2 heterocycles. The predicted octanol–water partition coefficient (Wildman–Crippen LogP) is 5.81. The third kappa shape index (κ3) is 4.38. The lowest BCUT2D eigenvalue weighted by atomic mass is 10.1. The van der Waals surface area contributed by atoms with E-state index >= 15 is 0 Å². The first-order valence-corrected chi connectivity index (χ1v) is 11.1. The molecule has 0 saturated heterocycles. The molecule has 4 rings (SSSR count). The quantitative estimate of drug-likeness (QED) is 0.459. The van der Waals surface area contributed by atoms with Gasteiger partial charge in [0.25, 0.3) is 5.56 Å². The van der Waals surface area contributed by atoms with Crippen LogP contribution in [0.1, 0.15) is 32.0 Å². The van der Waals surface area contributed by atoms with E-state index in [4.69, 9.17) is 16.6 Å². The number of hydrogen-bond acceptors (Lipinski definition) is 5. The van der Waals surface area contributed by atoms with Crippen molar-refractivity contribution >= 4 is 45.8 Å². The Kier molecular flexibility index (Phi) is 6.26. The second-order valence-corrected chi connectivity index (χ2v) is 8.76. The molecule has 0 fully saturated rings. The number of hydrogen-bond donors (Lipinski definition) is 0. The molecule has 3 aromatic rings. The number of thioether (sulfide) groups is 1. The highest BCUT2D eigenvalue weighted by molar-refractivity contribution is 8.15. The molecule has 1 aliphatic rings. The van der Waals surface area contributed by atoms with Crippen LogP contribution in [0.25, 0.3) is 17.3 Å². The summed E-state index contributed by atoms with van der Waals surface area (Å²) >= 11 is 7.30. The van der Waals surface area contributed by atoms with Crippen molar-refractivity contribution in [2.45, 2.75) is 25.7 Å². The van der Waals surface area contributed by atoms with Crippen LogP contribution in [0.15, 0.2) is 86.9 Å². The zero-order valence-electron chi connectivity index (χ0n) is 17.8. The van der Waals surface area contributed by atoms with Crippen LogP contribution in [0.4, 0.5) is 0 Å². The van der Waals surface area contributed by atoms with Gasteiger partial charge in [0, 0.05) is 21.9 Å². The Morgan fingerprint density at radius 1 is 1.06 bits per heavy atom. The van der Waals surface area contributed by atoms with Crippen LogP contribution in [0.2, 0.25) is 5.02 Å². The first kappa shape index (κ1) is 22.0. The van der Waals surface area contributed by atoms with Gasteiger partial charge in [-0.3, -0.25) is 14.2 Å². The number of carbonyl (C=O) groups is 1. The van der Waals surface area contributed by atoms with E-state index in [1.54, 1.807) is 32.3 Å². The number of benzene rings is 2. The van der Waals surface area contributed by atoms with E-state index in [9.17, 15) is 9.59 Å². The minimum atomic E-state index is -0.164. The highest BCUT2D eigenvalue weighted by Crippen LogP contribution is 2.40. The second-order valence-electron chi connectivity index (χ2n) is 7.33. The number of nitrogens with zero attached hydrogens (tertiary/aromatic N) is 3. The van der Waals surface area contributed by atoms with Crippen molar-refractivity contribution < 1.29 is 4.79 Å². The van der Waals surface area contributed by atoms with Gasteiger partial charge in [0.2, 0.25) is 0 Å². The third-order valence-corrected chi connectivity index (χ3v) is 6.50. The fraction of sp³-hybridized carbons (Fsp3) is 0.120. The van der Waals surface area contributed by atoms with E-state index in [1.807, 2.05) is 48.5 Å². The van der Waals surface area contributed by atoms with Crippen LogP contribution in [-0.4, -0.2) is 20.4 Å². The Morgan fingerprint density at radius 3 is 2.41 bits per heavy atom. The average molecular weight is 462 g/mol. The lowest BCUT2D eigenvalue weighted by Crippen LogP contribution is -2.20. The number of aromatic nitrogens is 2. The van der Waals surface area contributed by atoms with Gasteiger partial charge in [-0.05, 0) is 56.7 Å². The summed E-state index contributed by atoms with van der Waals surface area (Å²) in [7, 11) is 0. The molecule has 0 bridgehead atoms. The van der Waals surface area contributed by atoms with E-state index in [-0.39, 0.29) is 11.3 Å². The molecule has 1 aromatic heterocycles. The van der Waals surface area contributed by atoms with Gasteiger partial charge in [-0.1, -0.05) is 53.7 Å². The first-order valence-electron chi connectivity index (χ1n) is 9.95. The lowest BCUT2D eigenvalue weighted by Gasteiger charge is -2.06. The molecule has 2 aromatic carbocycles. The molecule has 0 saturated carbocycles. The minimum Gasteiger partial charge on any atom is -0.295 e. The molecule has 0 atom stereocenters. The molecule has 0 N–H and O–H groups in total. The third-order valence-electron chi connectivity index (χ3n) is 5.17. The molecule has 0 radical (unpaired) electrons. The van der Waals surface area contributed by atoms with Gasteiger partial charge in [-0.25, -0.2) is 9.98 Å². The molecular weight excluding hydrogens is 442 g/mol. The molecule has 32 heavy (non-hydrogen) atoms. The maximum atomic E-state index is 13.3. The highest BCUT2D eigenvalue weighted by atomic mass is 35.5. The van der Waals surface area contributed by atoms with Gasteiger partial charge < -0.3 is 0 Å². The lowest BCUT2D eigenvalue weighted by molar-refractivity contribution is -0.113. The van der Waals surface area contributed by atoms with Gasteiger partial charge in [0.15, 0.2) is 5.78 Å². The van der Waals surface area contributed by atoms with Crippen molar-refractivity contribution in [2.75, 3.05) is 0 Å². The maximum absolute atomic E-state index is 13.3. The molecule has 0 spiro atoms. The zero-order valence-corrected chi connectivity index (χ0v) is 19.4. The standard InChI is InChI=1S/C25H20ClN3O2S/c1-15(17(3)30)16(2)28-24-21(13-18-9-11-19(26)12-10-18)22-23(32-24)25(31)29(14-27-22)20-7-5-4-6-8-20/h4-14H,1-3H3/b16-15+,21-13+,28-24+. The monoisotopic (exact) mass is 461 g/mol. The van der Waals surface area contributed by atoms with E-state index < -0.39 is 0 Å². The number of ketones is 1. The number of aliphatic imine (C=N–C) groups is 1. The van der Waals surface area contributed by atoms with E-state index in [1.165, 1.54) is 23.3 Å². The van der Waals surface area contributed by atoms with Crippen LogP contribution >= 0.6 is 23.4 Å². The summed E-state index contributed by atoms with van der Waals surface area (Å²) in [6.45, 7) is 5.06. The first-order chi connectivity index (χ1) is 15.3. The van der Waals surface area contributed by atoms with Crippen LogP contribution in [0.5, 0.6) is 0 Å². The number of Topliss-reactive ketones (excluding diaryl/α,β-unsaturated/α-hetero) is 1. The van der Waals surface area contributed by atoms with Gasteiger partial charge in [0.1, 0.15) is 16.3 Å². The summed E-state index contributed by atoms with van der Waals surface area (Å²) in [5, 5.41) is 1.27. The summed E-state index contributed by atoms with van der Waals surface area (Å²) in [5.74, 6) is -0.0415. The number of para-hydroxylation sites is 1. The Morgan fingerprint density at radius 2 is 1.75 bits per heavy atom. The summed E-state index contributed by atoms with van der Waals surface area (Å²) in [6, 6.07) is 16.8. The molecule has 0 unspecified atom stereocenters. The van der Waals surface area contributed by atoms with Gasteiger partial charge >= 0.3 is 0 Å². The summed E-state index contributed by atoms with van der Waals surface area (Å²) in [5.41, 5.74) is 3.99. The number of carbonyl (C=O) groups excluding carboxylic acids is 1. The minimum absolute atomic E-state index is 0.0415. The van der Waals surface area contributed by atoms with Crippen molar-refractivity contribution in [3.05, 3.63) is 98.8 Å². The van der Waals surface area contributed by atoms with Crippen molar-refractivity contribution in [3.8, 4) is 5.69 Å². The maximum Gasteiger partial charge on any atom is 0.272 e. The zero-order chi connectivity index (χ0) is 22.8. The van der Waals surface area contributed by atoms with Crippen molar-refractivity contribution in [2.24, 2.45) is 4.99 Å². The van der Waals surface area contributed by atoms with Crippen LogP contribution in [0, 0.1) is 0 Å². The van der Waals surface area contributed by atoms with E-state index in [2.05, 4.69) is 4.98 Å². The highest BCUT2D eigenvalue weighted by Gasteiger charge is 2.29. The molecule has 5 nitrogen and oxygen atoms in total. The molecule has 7 heteroatoms.